The third-order valence-electron chi connectivity index (χ3n) is 4.50. The van der Waals surface area contributed by atoms with Gasteiger partial charge in [0.25, 0.3) is 0 Å². The van der Waals surface area contributed by atoms with Crippen LogP contribution in [0.5, 0.6) is 0 Å². The second-order valence-corrected chi connectivity index (χ2v) is 7.12. The number of halogens is 4. The minimum absolute atomic E-state index is 0. The summed E-state index contributed by atoms with van der Waals surface area (Å²) in [7, 11) is 1.69. The van der Waals surface area contributed by atoms with Crippen molar-refractivity contribution in [2.45, 2.75) is 32.4 Å². The topological polar surface area (TPSA) is 76.4 Å². The van der Waals surface area contributed by atoms with Crippen LogP contribution in [0.2, 0.25) is 0 Å². The highest BCUT2D eigenvalue weighted by atomic mass is 127. The van der Waals surface area contributed by atoms with Crippen LogP contribution in [-0.2, 0) is 31.0 Å². The summed E-state index contributed by atoms with van der Waals surface area (Å²) >= 11 is 0. The maximum atomic E-state index is 12.1. The fraction of sp³-hybridized carbons (Fsp3) is 0.318. The number of hydrogen-bond acceptors (Lipinski definition) is 4. The first kappa shape index (κ1) is 26.6. The maximum Gasteiger partial charge on any atom is 0.411 e. The van der Waals surface area contributed by atoms with Crippen molar-refractivity contribution in [1.82, 2.24) is 25.4 Å². The van der Waals surface area contributed by atoms with Crippen LogP contribution in [0, 0.1) is 0 Å². The Balaban J connectivity index is 0.00000385. The zero-order chi connectivity index (χ0) is 22.8. The minimum Gasteiger partial charge on any atom is -0.367 e. The summed E-state index contributed by atoms with van der Waals surface area (Å²) in [6, 6.07) is 15.4. The lowest BCUT2D eigenvalue weighted by atomic mass is 10.1. The summed E-state index contributed by atoms with van der Waals surface area (Å²) in [6.45, 7) is 0.447. The normalized spacial score (nSPS) is 11.7. The van der Waals surface area contributed by atoms with Gasteiger partial charge in [0.05, 0.1) is 13.2 Å². The van der Waals surface area contributed by atoms with E-state index in [9.17, 15) is 13.2 Å². The molecule has 11 heteroatoms. The first-order chi connectivity index (χ1) is 15.4. The monoisotopic (exact) mass is 574 g/mol. The van der Waals surface area contributed by atoms with Crippen molar-refractivity contribution in [1.29, 1.82) is 0 Å². The van der Waals surface area contributed by atoms with Gasteiger partial charge in [0.1, 0.15) is 19.3 Å². The molecule has 178 valence electrons. The van der Waals surface area contributed by atoms with E-state index in [-0.39, 0.29) is 30.6 Å². The molecule has 0 aliphatic carbocycles. The predicted octanol–water partition coefficient (Wildman–Crippen LogP) is 3.89. The Morgan fingerprint density at radius 1 is 1.00 bits per heavy atom. The Labute approximate surface area is 207 Å². The lowest BCUT2D eigenvalue weighted by Gasteiger charge is -2.13. The molecule has 7 nitrogen and oxygen atoms in total. The number of guanidine groups is 1. The number of benzene rings is 2. The van der Waals surface area contributed by atoms with Gasteiger partial charge in [-0.1, -0.05) is 48.5 Å². The zero-order valence-electron chi connectivity index (χ0n) is 18.0. The molecule has 0 saturated heterocycles. The van der Waals surface area contributed by atoms with Crippen LogP contribution in [0.15, 0.2) is 66.2 Å². The van der Waals surface area contributed by atoms with Gasteiger partial charge in [-0.2, -0.15) is 18.3 Å². The number of aromatic nitrogens is 3. The van der Waals surface area contributed by atoms with E-state index < -0.39 is 12.8 Å². The second-order valence-electron chi connectivity index (χ2n) is 7.12. The number of aliphatic imine (C=N–C) groups is 1. The van der Waals surface area contributed by atoms with Gasteiger partial charge in [-0.25, -0.2) is 9.67 Å². The summed E-state index contributed by atoms with van der Waals surface area (Å²) in [4.78, 5) is 8.18. The van der Waals surface area contributed by atoms with Crippen molar-refractivity contribution >= 4 is 29.9 Å². The number of alkyl halides is 3. The third kappa shape index (κ3) is 9.78. The van der Waals surface area contributed by atoms with Gasteiger partial charge in [-0.3, -0.25) is 4.99 Å². The SMILES string of the molecule is CN=C(NCc1ccc(COCC(F)(F)F)cc1)NCc1cccc(Cn2cncn2)c1.I. The summed E-state index contributed by atoms with van der Waals surface area (Å²) in [6.07, 6.45) is -1.12. The molecule has 0 aliphatic heterocycles. The Hall–Kier alpha value is -2.67. The van der Waals surface area contributed by atoms with E-state index in [1.54, 1.807) is 30.2 Å². The molecule has 0 fully saturated rings. The Bertz CT molecular complexity index is 994. The molecule has 0 amide bonds. The van der Waals surface area contributed by atoms with Crippen LogP contribution >= 0.6 is 24.0 Å². The van der Waals surface area contributed by atoms with Crippen LogP contribution in [0.3, 0.4) is 0 Å². The standard InChI is InChI=1S/C22H25F3N6O.HI/c1-26-21(28-10-17-5-7-18(8-6-17)13-32-14-22(23,24)25)29-11-19-3-2-4-20(9-19)12-31-16-27-15-30-31;/h2-9,15-16H,10-14H2,1H3,(H2,26,28,29);1H. The quantitative estimate of drug-likeness (QED) is 0.231. The smallest absolute Gasteiger partial charge is 0.367 e. The third-order valence-corrected chi connectivity index (χ3v) is 4.50. The summed E-state index contributed by atoms with van der Waals surface area (Å²) < 4.78 is 42.9. The van der Waals surface area contributed by atoms with Gasteiger partial charge in [0.15, 0.2) is 5.96 Å². The Kier molecular flexibility index (Phi) is 10.6. The lowest BCUT2D eigenvalue weighted by molar-refractivity contribution is -0.176. The van der Waals surface area contributed by atoms with Gasteiger partial charge in [0, 0.05) is 20.1 Å². The maximum absolute atomic E-state index is 12.1. The van der Waals surface area contributed by atoms with Crippen molar-refractivity contribution in [2.24, 2.45) is 4.99 Å². The number of hydrogen-bond donors (Lipinski definition) is 2. The average Bonchev–Trinajstić information content (AvgIpc) is 3.27. The molecule has 3 rings (SSSR count). The van der Waals surface area contributed by atoms with Crippen molar-refractivity contribution in [3.05, 3.63) is 83.4 Å². The van der Waals surface area contributed by atoms with E-state index in [1.165, 1.54) is 6.33 Å². The number of nitrogens with one attached hydrogen (secondary N) is 2. The van der Waals surface area contributed by atoms with Gasteiger partial charge < -0.3 is 15.4 Å². The Morgan fingerprint density at radius 3 is 2.30 bits per heavy atom. The molecule has 3 aromatic rings. The zero-order valence-corrected chi connectivity index (χ0v) is 20.4. The van der Waals surface area contributed by atoms with Gasteiger partial charge in [0.2, 0.25) is 0 Å². The van der Waals surface area contributed by atoms with Crippen molar-refractivity contribution in [3.8, 4) is 0 Å². The highest BCUT2D eigenvalue weighted by molar-refractivity contribution is 14.0. The molecule has 33 heavy (non-hydrogen) atoms. The molecule has 0 aliphatic rings. The molecule has 2 N–H and O–H groups in total. The highest BCUT2D eigenvalue weighted by Gasteiger charge is 2.27. The molecule has 0 saturated carbocycles. The number of nitrogens with zero attached hydrogens (tertiary/aromatic N) is 4. The van der Waals surface area contributed by atoms with Crippen molar-refractivity contribution in [2.75, 3.05) is 13.7 Å². The van der Waals surface area contributed by atoms with Gasteiger partial charge in [-0.05, 0) is 22.3 Å². The summed E-state index contributed by atoms with van der Waals surface area (Å²) in [5.74, 6) is 0.643. The molecule has 0 unspecified atom stereocenters. The fourth-order valence-electron chi connectivity index (χ4n) is 2.97. The van der Waals surface area contributed by atoms with Crippen molar-refractivity contribution in [3.63, 3.8) is 0 Å². The molecule has 1 aromatic heterocycles. The van der Waals surface area contributed by atoms with Crippen molar-refractivity contribution < 1.29 is 17.9 Å². The van der Waals surface area contributed by atoms with E-state index in [0.29, 0.717) is 31.2 Å². The highest BCUT2D eigenvalue weighted by Crippen LogP contribution is 2.16. The predicted molar refractivity (Wildman–Crippen MR) is 130 cm³/mol. The van der Waals surface area contributed by atoms with E-state index in [4.69, 9.17) is 0 Å². The van der Waals surface area contributed by atoms with E-state index in [2.05, 4.69) is 36.5 Å². The second kappa shape index (κ2) is 13.1. The summed E-state index contributed by atoms with van der Waals surface area (Å²) in [5, 5.41) is 10.6. The molecule has 0 spiro atoms. The minimum atomic E-state index is -4.31. The molecule has 0 radical (unpaired) electrons. The van der Waals surface area contributed by atoms with Crippen LogP contribution in [0.25, 0.3) is 0 Å². The summed E-state index contributed by atoms with van der Waals surface area (Å²) in [5.41, 5.74) is 3.89. The molecule has 0 atom stereocenters. The fourth-order valence-corrected chi connectivity index (χ4v) is 2.97. The van der Waals surface area contributed by atoms with Crippen LogP contribution in [-0.4, -0.2) is 40.6 Å². The Morgan fingerprint density at radius 2 is 1.67 bits per heavy atom. The molecule has 1 heterocycles. The average molecular weight is 574 g/mol. The van der Waals surface area contributed by atoms with Crippen LogP contribution in [0.4, 0.5) is 13.2 Å². The van der Waals surface area contributed by atoms with Crippen LogP contribution < -0.4 is 10.6 Å². The first-order valence-electron chi connectivity index (χ1n) is 9.98. The number of rotatable bonds is 9. The van der Waals surface area contributed by atoms with Gasteiger partial charge >= 0.3 is 6.18 Å². The molecule has 2 aromatic carbocycles. The largest absolute Gasteiger partial charge is 0.411 e. The van der Waals surface area contributed by atoms with E-state index in [0.717, 1.165) is 16.7 Å². The molecule has 0 bridgehead atoms. The molecular weight excluding hydrogens is 548 g/mol. The van der Waals surface area contributed by atoms with Gasteiger partial charge in [-0.15, -0.1) is 24.0 Å². The first-order valence-corrected chi connectivity index (χ1v) is 9.98. The van der Waals surface area contributed by atoms with Crippen LogP contribution in [0.1, 0.15) is 22.3 Å². The van der Waals surface area contributed by atoms with E-state index in [1.807, 2.05) is 30.3 Å². The molecular formula is C22H26F3IN6O. The lowest BCUT2D eigenvalue weighted by Crippen LogP contribution is -2.36. The van der Waals surface area contributed by atoms with E-state index >= 15 is 0 Å². The number of ether oxygens (including phenoxy) is 1.